The van der Waals surface area contributed by atoms with Gasteiger partial charge >= 0.3 is 0 Å². The van der Waals surface area contributed by atoms with Gasteiger partial charge in [-0.05, 0) is 30.3 Å². The SMILES string of the molecule is N=C(N)c1ccc(OCc2ccc(F)cc2Br)c(Cl)c1. The Bertz CT molecular complexity index is 664. The van der Waals surface area contributed by atoms with Gasteiger partial charge in [0.2, 0.25) is 0 Å². The van der Waals surface area contributed by atoms with Gasteiger partial charge in [-0.25, -0.2) is 4.39 Å². The molecule has 0 fully saturated rings. The molecular formula is C14H11BrClFN2O. The zero-order valence-corrected chi connectivity index (χ0v) is 12.6. The maximum atomic E-state index is 13.0. The summed E-state index contributed by atoms with van der Waals surface area (Å²) in [6, 6.07) is 9.25. The molecule has 0 bridgehead atoms. The van der Waals surface area contributed by atoms with Gasteiger partial charge in [0.1, 0.15) is 24.0 Å². The lowest BCUT2D eigenvalue weighted by molar-refractivity contribution is 0.305. The van der Waals surface area contributed by atoms with E-state index in [1.165, 1.54) is 12.1 Å². The first-order valence-electron chi connectivity index (χ1n) is 5.68. The van der Waals surface area contributed by atoms with Crippen molar-refractivity contribution in [3.8, 4) is 5.75 Å². The Morgan fingerprint density at radius 2 is 2.05 bits per heavy atom. The molecule has 0 heterocycles. The molecule has 2 rings (SSSR count). The number of hydrogen-bond acceptors (Lipinski definition) is 2. The van der Waals surface area contributed by atoms with Gasteiger partial charge < -0.3 is 10.5 Å². The third-order valence-electron chi connectivity index (χ3n) is 2.64. The largest absolute Gasteiger partial charge is 0.487 e. The van der Waals surface area contributed by atoms with E-state index in [2.05, 4.69) is 15.9 Å². The van der Waals surface area contributed by atoms with Crippen LogP contribution < -0.4 is 10.5 Å². The summed E-state index contributed by atoms with van der Waals surface area (Å²) in [7, 11) is 0. The quantitative estimate of drug-likeness (QED) is 0.639. The molecule has 0 amide bonds. The number of halogens is 3. The number of benzene rings is 2. The van der Waals surface area contributed by atoms with E-state index in [0.717, 1.165) is 5.56 Å². The molecule has 0 aromatic heterocycles. The minimum absolute atomic E-state index is 0.0558. The summed E-state index contributed by atoms with van der Waals surface area (Å²) in [4.78, 5) is 0. The van der Waals surface area contributed by atoms with Crippen molar-refractivity contribution in [1.29, 1.82) is 5.41 Å². The molecule has 2 aromatic rings. The van der Waals surface area contributed by atoms with Crippen LogP contribution in [0.15, 0.2) is 40.9 Å². The summed E-state index contributed by atoms with van der Waals surface area (Å²) < 4.78 is 19.2. The molecule has 20 heavy (non-hydrogen) atoms. The molecule has 2 aromatic carbocycles. The second-order valence-corrected chi connectivity index (χ2v) is 5.34. The van der Waals surface area contributed by atoms with Crippen LogP contribution >= 0.6 is 27.5 Å². The maximum Gasteiger partial charge on any atom is 0.138 e. The Morgan fingerprint density at radius 1 is 1.30 bits per heavy atom. The van der Waals surface area contributed by atoms with Gasteiger partial charge in [-0.1, -0.05) is 33.6 Å². The molecule has 0 atom stereocenters. The van der Waals surface area contributed by atoms with Gasteiger partial charge in [0.15, 0.2) is 0 Å². The van der Waals surface area contributed by atoms with Crippen molar-refractivity contribution in [1.82, 2.24) is 0 Å². The highest BCUT2D eigenvalue weighted by atomic mass is 79.9. The van der Waals surface area contributed by atoms with E-state index in [4.69, 9.17) is 27.5 Å². The first kappa shape index (κ1) is 14.8. The molecule has 0 saturated heterocycles. The van der Waals surface area contributed by atoms with Crippen LogP contribution in [-0.2, 0) is 6.61 Å². The fraction of sp³-hybridized carbons (Fsp3) is 0.0714. The molecule has 0 aliphatic rings. The molecule has 3 N–H and O–H groups in total. The lowest BCUT2D eigenvalue weighted by Crippen LogP contribution is -2.10. The van der Waals surface area contributed by atoms with Crippen molar-refractivity contribution >= 4 is 33.4 Å². The first-order valence-corrected chi connectivity index (χ1v) is 6.85. The topological polar surface area (TPSA) is 59.1 Å². The van der Waals surface area contributed by atoms with E-state index in [1.54, 1.807) is 24.3 Å². The van der Waals surface area contributed by atoms with E-state index in [0.29, 0.717) is 20.8 Å². The summed E-state index contributed by atoms with van der Waals surface area (Å²) >= 11 is 9.33. The van der Waals surface area contributed by atoms with Crippen molar-refractivity contribution in [2.45, 2.75) is 6.61 Å². The predicted octanol–water partition coefficient (Wildman–Crippen LogP) is 4.10. The zero-order chi connectivity index (χ0) is 14.7. The molecule has 6 heteroatoms. The minimum atomic E-state index is -0.315. The second-order valence-electron chi connectivity index (χ2n) is 4.08. The lowest BCUT2D eigenvalue weighted by Gasteiger charge is -2.10. The van der Waals surface area contributed by atoms with Crippen LogP contribution in [-0.4, -0.2) is 5.84 Å². The Balaban J connectivity index is 2.13. The smallest absolute Gasteiger partial charge is 0.138 e. The standard InChI is InChI=1S/C14H11BrClFN2O/c15-11-6-10(17)3-1-9(11)7-20-13-4-2-8(14(18)19)5-12(13)16/h1-6H,7H2,(H3,18,19). The van der Waals surface area contributed by atoms with E-state index < -0.39 is 0 Å². The summed E-state index contributed by atoms with van der Waals surface area (Å²) in [5.41, 5.74) is 6.71. The van der Waals surface area contributed by atoms with E-state index in [9.17, 15) is 4.39 Å². The van der Waals surface area contributed by atoms with Crippen LogP contribution in [0.25, 0.3) is 0 Å². The average Bonchev–Trinajstić information content (AvgIpc) is 2.38. The van der Waals surface area contributed by atoms with Crippen LogP contribution in [0.3, 0.4) is 0 Å². The number of ether oxygens (including phenoxy) is 1. The number of rotatable bonds is 4. The van der Waals surface area contributed by atoms with Crippen molar-refractivity contribution in [2.75, 3.05) is 0 Å². The monoisotopic (exact) mass is 356 g/mol. The minimum Gasteiger partial charge on any atom is -0.487 e. The third-order valence-corrected chi connectivity index (χ3v) is 3.67. The molecule has 104 valence electrons. The van der Waals surface area contributed by atoms with Crippen molar-refractivity contribution in [2.24, 2.45) is 5.73 Å². The highest BCUT2D eigenvalue weighted by molar-refractivity contribution is 9.10. The second kappa shape index (κ2) is 6.24. The van der Waals surface area contributed by atoms with Crippen molar-refractivity contribution < 1.29 is 9.13 Å². The van der Waals surface area contributed by atoms with Gasteiger partial charge in [0.25, 0.3) is 0 Å². The van der Waals surface area contributed by atoms with Gasteiger partial charge in [-0.2, -0.15) is 0 Å². The van der Waals surface area contributed by atoms with Gasteiger partial charge in [-0.3, -0.25) is 5.41 Å². The summed E-state index contributed by atoms with van der Waals surface area (Å²) in [5.74, 6) is 0.108. The fourth-order valence-electron chi connectivity index (χ4n) is 1.58. The molecule has 0 spiro atoms. The molecule has 0 unspecified atom stereocenters. The normalized spacial score (nSPS) is 10.3. The molecule has 0 aliphatic carbocycles. The fourth-order valence-corrected chi connectivity index (χ4v) is 2.28. The van der Waals surface area contributed by atoms with Gasteiger partial charge in [-0.15, -0.1) is 0 Å². The highest BCUT2D eigenvalue weighted by Gasteiger charge is 2.07. The van der Waals surface area contributed by atoms with E-state index in [1.807, 2.05) is 0 Å². The number of nitrogens with two attached hydrogens (primary N) is 1. The molecule has 0 radical (unpaired) electrons. The third kappa shape index (κ3) is 3.49. The predicted molar refractivity (Wildman–Crippen MR) is 80.9 cm³/mol. The molecule has 0 aliphatic heterocycles. The number of amidine groups is 1. The number of nitrogens with one attached hydrogen (secondary N) is 1. The van der Waals surface area contributed by atoms with Gasteiger partial charge in [0, 0.05) is 15.6 Å². The molecular weight excluding hydrogens is 347 g/mol. The van der Waals surface area contributed by atoms with Crippen molar-refractivity contribution in [3.63, 3.8) is 0 Å². The Labute approximate surface area is 129 Å². The van der Waals surface area contributed by atoms with Crippen LogP contribution in [0.4, 0.5) is 4.39 Å². The molecule has 3 nitrogen and oxygen atoms in total. The average molecular weight is 358 g/mol. The summed E-state index contributed by atoms with van der Waals surface area (Å²) in [6.45, 7) is 0.250. The first-order chi connectivity index (χ1) is 9.47. The number of nitrogen functional groups attached to an aromatic ring is 1. The summed E-state index contributed by atoms with van der Waals surface area (Å²) in [5, 5.41) is 7.70. The highest BCUT2D eigenvalue weighted by Crippen LogP contribution is 2.27. The Kier molecular flexibility index (Phi) is 4.62. The van der Waals surface area contributed by atoms with Crippen LogP contribution in [0.5, 0.6) is 5.75 Å². The molecule has 0 saturated carbocycles. The van der Waals surface area contributed by atoms with Crippen LogP contribution in [0, 0.1) is 11.2 Å². The van der Waals surface area contributed by atoms with E-state index in [-0.39, 0.29) is 18.3 Å². The lowest BCUT2D eigenvalue weighted by atomic mass is 10.2. The Hall–Kier alpha value is -1.59. The van der Waals surface area contributed by atoms with E-state index >= 15 is 0 Å². The van der Waals surface area contributed by atoms with Crippen LogP contribution in [0.2, 0.25) is 5.02 Å². The summed E-state index contributed by atoms with van der Waals surface area (Å²) in [6.07, 6.45) is 0. The van der Waals surface area contributed by atoms with Crippen LogP contribution in [0.1, 0.15) is 11.1 Å². The Morgan fingerprint density at radius 3 is 2.65 bits per heavy atom. The zero-order valence-electron chi connectivity index (χ0n) is 10.3. The maximum absolute atomic E-state index is 13.0. The number of hydrogen-bond donors (Lipinski definition) is 2. The van der Waals surface area contributed by atoms with Gasteiger partial charge in [0.05, 0.1) is 5.02 Å². The van der Waals surface area contributed by atoms with Crippen molar-refractivity contribution in [3.05, 3.63) is 62.8 Å².